The summed E-state index contributed by atoms with van der Waals surface area (Å²) in [5.74, 6) is 0.169. The van der Waals surface area contributed by atoms with Gasteiger partial charge in [-0.25, -0.2) is 0 Å². The van der Waals surface area contributed by atoms with Crippen LogP contribution in [-0.4, -0.2) is 30.3 Å². The molecular formula is C14H18N2O3. The molecule has 0 heterocycles. The molecule has 1 unspecified atom stereocenters. The predicted octanol–water partition coefficient (Wildman–Crippen LogP) is 1.21. The molecule has 5 heteroatoms. The fourth-order valence-corrected chi connectivity index (χ4v) is 1.50. The van der Waals surface area contributed by atoms with Crippen molar-refractivity contribution in [2.24, 2.45) is 0 Å². The Morgan fingerprint density at radius 2 is 2.26 bits per heavy atom. The van der Waals surface area contributed by atoms with Crippen molar-refractivity contribution in [3.8, 4) is 11.8 Å². The lowest BCUT2D eigenvalue weighted by Gasteiger charge is -2.09. The molecule has 0 bridgehead atoms. The van der Waals surface area contributed by atoms with Gasteiger partial charge in [0.25, 0.3) is 5.91 Å². The van der Waals surface area contributed by atoms with Gasteiger partial charge in [-0.2, -0.15) is 5.26 Å². The number of aliphatic hydroxyl groups is 1. The molecule has 0 aliphatic carbocycles. The molecule has 1 aromatic rings. The van der Waals surface area contributed by atoms with Gasteiger partial charge < -0.3 is 15.2 Å². The number of aliphatic hydroxyl groups excluding tert-OH is 1. The summed E-state index contributed by atoms with van der Waals surface area (Å²) >= 11 is 0. The maximum absolute atomic E-state index is 11.5. The van der Waals surface area contributed by atoms with Crippen molar-refractivity contribution in [1.29, 1.82) is 5.26 Å². The highest BCUT2D eigenvalue weighted by molar-refractivity contribution is 5.77. The van der Waals surface area contributed by atoms with Gasteiger partial charge in [0.2, 0.25) is 0 Å². The highest BCUT2D eigenvalue weighted by Gasteiger charge is 2.05. The molecule has 0 spiro atoms. The largest absolute Gasteiger partial charge is 0.482 e. The van der Waals surface area contributed by atoms with Crippen LogP contribution in [0.25, 0.3) is 0 Å². The quantitative estimate of drug-likeness (QED) is 0.724. The van der Waals surface area contributed by atoms with Crippen molar-refractivity contribution in [3.63, 3.8) is 0 Å². The molecule has 5 nitrogen and oxygen atoms in total. The van der Waals surface area contributed by atoms with E-state index >= 15 is 0 Å². The lowest BCUT2D eigenvalue weighted by atomic mass is 10.2. The van der Waals surface area contributed by atoms with Crippen LogP contribution in [0.4, 0.5) is 0 Å². The van der Waals surface area contributed by atoms with E-state index in [1.54, 1.807) is 31.2 Å². The lowest BCUT2D eigenvalue weighted by molar-refractivity contribution is -0.123. The molecule has 0 fully saturated rings. The van der Waals surface area contributed by atoms with E-state index in [9.17, 15) is 4.79 Å². The van der Waals surface area contributed by atoms with Crippen LogP contribution >= 0.6 is 0 Å². The van der Waals surface area contributed by atoms with Crippen LogP contribution in [0, 0.1) is 11.3 Å². The molecule has 1 aromatic carbocycles. The van der Waals surface area contributed by atoms with Crippen LogP contribution in [0.1, 0.15) is 25.3 Å². The van der Waals surface area contributed by atoms with Crippen LogP contribution in [0.3, 0.4) is 0 Å². The number of rotatable bonds is 7. The molecule has 0 aromatic heterocycles. The molecule has 1 rings (SSSR count). The minimum absolute atomic E-state index is 0.118. The van der Waals surface area contributed by atoms with Crippen molar-refractivity contribution >= 4 is 5.91 Å². The summed E-state index contributed by atoms with van der Waals surface area (Å²) in [4.78, 5) is 11.5. The maximum atomic E-state index is 11.5. The summed E-state index contributed by atoms with van der Waals surface area (Å²) in [6.45, 7) is 2.10. The van der Waals surface area contributed by atoms with Crippen LogP contribution < -0.4 is 10.1 Å². The zero-order valence-electron chi connectivity index (χ0n) is 10.9. The standard InChI is InChI=1S/C14H18N2O3/c1-11(17)5-4-8-16-14(18)10-19-13-7-3-2-6-12(13)9-15/h2-3,6-7,11,17H,4-5,8,10H2,1H3,(H,16,18). The first kappa shape index (κ1) is 15.0. The Bertz CT molecular complexity index is 452. The fourth-order valence-electron chi connectivity index (χ4n) is 1.50. The van der Waals surface area contributed by atoms with E-state index in [0.717, 1.165) is 6.42 Å². The third-order valence-corrected chi connectivity index (χ3v) is 2.49. The summed E-state index contributed by atoms with van der Waals surface area (Å²) < 4.78 is 5.28. The van der Waals surface area contributed by atoms with Gasteiger partial charge in [0.05, 0.1) is 11.7 Å². The summed E-state index contributed by atoms with van der Waals surface area (Å²) in [5, 5.41) is 20.6. The normalized spacial score (nSPS) is 11.4. The third kappa shape index (κ3) is 5.89. The number of para-hydroxylation sites is 1. The number of benzene rings is 1. The molecule has 1 atom stereocenters. The second-order valence-corrected chi connectivity index (χ2v) is 4.24. The number of hydrogen-bond acceptors (Lipinski definition) is 4. The Morgan fingerprint density at radius 1 is 1.53 bits per heavy atom. The zero-order chi connectivity index (χ0) is 14.1. The van der Waals surface area contributed by atoms with Crippen LogP contribution in [-0.2, 0) is 4.79 Å². The van der Waals surface area contributed by atoms with E-state index in [0.29, 0.717) is 24.3 Å². The number of nitrogens with zero attached hydrogens (tertiary/aromatic N) is 1. The highest BCUT2D eigenvalue weighted by Crippen LogP contribution is 2.15. The second-order valence-electron chi connectivity index (χ2n) is 4.24. The number of ether oxygens (including phenoxy) is 1. The Balaban J connectivity index is 2.29. The molecule has 19 heavy (non-hydrogen) atoms. The lowest BCUT2D eigenvalue weighted by Crippen LogP contribution is -2.30. The smallest absolute Gasteiger partial charge is 0.257 e. The van der Waals surface area contributed by atoms with Gasteiger partial charge in [0, 0.05) is 6.54 Å². The van der Waals surface area contributed by atoms with Crippen LogP contribution in [0.15, 0.2) is 24.3 Å². The predicted molar refractivity (Wildman–Crippen MR) is 70.6 cm³/mol. The van der Waals surface area contributed by atoms with E-state index < -0.39 is 0 Å². The Morgan fingerprint density at radius 3 is 2.95 bits per heavy atom. The summed E-state index contributed by atoms with van der Waals surface area (Å²) in [7, 11) is 0. The Labute approximate surface area is 112 Å². The second kappa shape index (κ2) is 8.11. The minimum Gasteiger partial charge on any atom is -0.482 e. The molecular weight excluding hydrogens is 244 g/mol. The molecule has 0 aliphatic rings. The average molecular weight is 262 g/mol. The topological polar surface area (TPSA) is 82.3 Å². The number of amides is 1. The van der Waals surface area contributed by atoms with Gasteiger partial charge in [-0.3, -0.25) is 4.79 Å². The van der Waals surface area contributed by atoms with E-state index in [2.05, 4.69) is 5.32 Å². The van der Waals surface area contributed by atoms with Crippen molar-refractivity contribution in [3.05, 3.63) is 29.8 Å². The summed E-state index contributed by atoms with van der Waals surface area (Å²) in [6, 6.07) is 8.77. The molecule has 1 amide bonds. The molecule has 2 N–H and O–H groups in total. The van der Waals surface area contributed by atoms with Crippen molar-refractivity contribution in [2.75, 3.05) is 13.2 Å². The van der Waals surface area contributed by atoms with Gasteiger partial charge in [0.15, 0.2) is 6.61 Å². The van der Waals surface area contributed by atoms with Gasteiger partial charge in [-0.1, -0.05) is 12.1 Å². The first-order chi connectivity index (χ1) is 9.13. The van der Waals surface area contributed by atoms with Crippen molar-refractivity contribution in [2.45, 2.75) is 25.9 Å². The van der Waals surface area contributed by atoms with Gasteiger partial charge in [-0.15, -0.1) is 0 Å². The van der Waals surface area contributed by atoms with E-state index in [1.165, 1.54) is 0 Å². The number of nitriles is 1. The van der Waals surface area contributed by atoms with E-state index in [-0.39, 0.29) is 18.6 Å². The molecule has 102 valence electrons. The monoisotopic (exact) mass is 262 g/mol. The number of carbonyl (C=O) groups is 1. The highest BCUT2D eigenvalue weighted by atomic mass is 16.5. The fraction of sp³-hybridized carbons (Fsp3) is 0.429. The maximum Gasteiger partial charge on any atom is 0.257 e. The SMILES string of the molecule is CC(O)CCCNC(=O)COc1ccccc1C#N. The van der Waals surface area contributed by atoms with Crippen LogP contribution in [0.5, 0.6) is 5.75 Å². The van der Waals surface area contributed by atoms with Gasteiger partial charge >= 0.3 is 0 Å². The number of carbonyl (C=O) groups excluding carboxylic acids is 1. The van der Waals surface area contributed by atoms with Crippen molar-refractivity contribution < 1.29 is 14.6 Å². The number of nitrogens with one attached hydrogen (secondary N) is 1. The zero-order valence-corrected chi connectivity index (χ0v) is 10.9. The molecule has 0 saturated carbocycles. The molecule has 0 saturated heterocycles. The van der Waals surface area contributed by atoms with Crippen LogP contribution in [0.2, 0.25) is 0 Å². The number of hydrogen-bond donors (Lipinski definition) is 2. The Hall–Kier alpha value is -2.06. The minimum atomic E-state index is -0.351. The molecule has 0 radical (unpaired) electrons. The third-order valence-electron chi connectivity index (χ3n) is 2.49. The first-order valence-corrected chi connectivity index (χ1v) is 6.20. The summed E-state index contributed by atoms with van der Waals surface area (Å²) in [5.41, 5.74) is 0.407. The average Bonchev–Trinajstić information content (AvgIpc) is 2.41. The first-order valence-electron chi connectivity index (χ1n) is 6.20. The van der Waals surface area contributed by atoms with Gasteiger partial charge in [0.1, 0.15) is 11.8 Å². The Kier molecular flexibility index (Phi) is 6.41. The van der Waals surface area contributed by atoms with E-state index in [4.69, 9.17) is 15.1 Å². The van der Waals surface area contributed by atoms with Crippen molar-refractivity contribution in [1.82, 2.24) is 5.32 Å². The molecule has 0 aliphatic heterocycles. The summed E-state index contributed by atoms with van der Waals surface area (Å²) in [6.07, 6.45) is 1.02. The van der Waals surface area contributed by atoms with E-state index in [1.807, 2.05) is 6.07 Å². The van der Waals surface area contributed by atoms with Gasteiger partial charge in [-0.05, 0) is 31.9 Å².